The molecule has 3 rings (SSSR count). The van der Waals surface area contributed by atoms with E-state index in [9.17, 15) is 9.18 Å². The van der Waals surface area contributed by atoms with E-state index in [1.54, 1.807) is 31.3 Å². The van der Waals surface area contributed by atoms with Crippen LogP contribution in [0.5, 0.6) is 0 Å². The molecular formula is C18H23FN4O. The van der Waals surface area contributed by atoms with E-state index in [-0.39, 0.29) is 11.7 Å². The maximum atomic E-state index is 13.8. The lowest BCUT2D eigenvalue weighted by Crippen LogP contribution is -2.48. The Kier molecular flexibility index (Phi) is 5.06. The van der Waals surface area contributed by atoms with Gasteiger partial charge in [0.1, 0.15) is 5.82 Å². The molecule has 0 radical (unpaired) electrons. The molecule has 128 valence electrons. The number of piperazine rings is 1. The number of aromatic nitrogens is 1. The van der Waals surface area contributed by atoms with Crippen molar-refractivity contribution in [1.82, 2.24) is 19.7 Å². The molecule has 1 aromatic heterocycles. The van der Waals surface area contributed by atoms with E-state index in [2.05, 4.69) is 14.8 Å². The smallest absolute Gasteiger partial charge is 0.236 e. The number of carbonyl (C=O) groups excluding carboxylic acids is 1. The second kappa shape index (κ2) is 7.23. The Labute approximate surface area is 141 Å². The van der Waals surface area contributed by atoms with Crippen LogP contribution in [-0.2, 0) is 11.3 Å². The van der Waals surface area contributed by atoms with Gasteiger partial charge in [-0.3, -0.25) is 19.6 Å². The molecule has 1 aliphatic rings. The largest absolute Gasteiger partial charge is 0.348 e. The van der Waals surface area contributed by atoms with Crippen molar-refractivity contribution in [1.29, 1.82) is 0 Å². The third-order valence-corrected chi connectivity index (χ3v) is 4.47. The fourth-order valence-electron chi connectivity index (χ4n) is 3.03. The number of benzene rings is 1. The topological polar surface area (TPSA) is 39.7 Å². The van der Waals surface area contributed by atoms with Gasteiger partial charge in [-0.2, -0.15) is 0 Å². The SMILES string of the molecule is CN(C)C(=O)CN1CCN(Cc2cc(F)cc3cccnc23)CC1. The van der Waals surface area contributed by atoms with Gasteiger partial charge in [0.05, 0.1) is 12.1 Å². The average molecular weight is 330 g/mol. The molecule has 1 amide bonds. The first-order valence-corrected chi connectivity index (χ1v) is 8.21. The Morgan fingerprint density at radius 3 is 2.62 bits per heavy atom. The summed E-state index contributed by atoms with van der Waals surface area (Å²) >= 11 is 0. The van der Waals surface area contributed by atoms with Crippen molar-refractivity contribution < 1.29 is 9.18 Å². The summed E-state index contributed by atoms with van der Waals surface area (Å²) in [4.78, 5) is 22.3. The highest BCUT2D eigenvalue weighted by Gasteiger charge is 2.20. The molecule has 0 unspecified atom stereocenters. The Balaban J connectivity index is 1.64. The number of fused-ring (bicyclic) bond motifs is 1. The first-order valence-electron chi connectivity index (χ1n) is 8.21. The quantitative estimate of drug-likeness (QED) is 0.853. The van der Waals surface area contributed by atoms with Crippen molar-refractivity contribution in [3.63, 3.8) is 0 Å². The monoisotopic (exact) mass is 330 g/mol. The van der Waals surface area contributed by atoms with Crippen molar-refractivity contribution in [3.05, 3.63) is 41.8 Å². The predicted molar refractivity (Wildman–Crippen MR) is 92.1 cm³/mol. The molecule has 0 spiro atoms. The summed E-state index contributed by atoms with van der Waals surface area (Å²) in [5.41, 5.74) is 1.78. The van der Waals surface area contributed by atoms with Gasteiger partial charge in [0.2, 0.25) is 5.91 Å². The average Bonchev–Trinajstić information content (AvgIpc) is 2.56. The van der Waals surface area contributed by atoms with E-state index >= 15 is 0 Å². The third kappa shape index (κ3) is 3.88. The molecule has 24 heavy (non-hydrogen) atoms. The van der Waals surface area contributed by atoms with Crippen LogP contribution in [-0.4, -0.2) is 72.4 Å². The fraction of sp³-hybridized carbons (Fsp3) is 0.444. The van der Waals surface area contributed by atoms with E-state index in [1.165, 1.54) is 6.07 Å². The van der Waals surface area contributed by atoms with Crippen LogP contribution >= 0.6 is 0 Å². The van der Waals surface area contributed by atoms with Crippen LogP contribution in [0.3, 0.4) is 0 Å². The first-order chi connectivity index (χ1) is 11.5. The molecule has 6 heteroatoms. The van der Waals surface area contributed by atoms with E-state index in [0.717, 1.165) is 42.6 Å². The minimum absolute atomic E-state index is 0.128. The number of pyridine rings is 1. The van der Waals surface area contributed by atoms with Gasteiger partial charge in [-0.1, -0.05) is 6.07 Å². The van der Waals surface area contributed by atoms with E-state index in [0.29, 0.717) is 13.1 Å². The van der Waals surface area contributed by atoms with Crippen LogP contribution in [0.1, 0.15) is 5.56 Å². The summed E-state index contributed by atoms with van der Waals surface area (Å²) in [6, 6.07) is 6.82. The number of hydrogen-bond acceptors (Lipinski definition) is 4. The molecule has 2 heterocycles. The van der Waals surface area contributed by atoms with Gasteiger partial charge in [0.15, 0.2) is 0 Å². The highest BCUT2D eigenvalue weighted by Crippen LogP contribution is 2.20. The molecule has 0 atom stereocenters. The van der Waals surface area contributed by atoms with Crippen molar-refractivity contribution in [2.45, 2.75) is 6.54 Å². The third-order valence-electron chi connectivity index (χ3n) is 4.47. The number of carbonyl (C=O) groups is 1. The summed E-state index contributed by atoms with van der Waals surface area (Å²) in [6.07, 6.45) is 1.74. The maximum absolute atomic E-state index is 13.8. The van der Waals surface area contributed by atoms with Gasteiger partial charge < -0.3 is 4.90 Å². The lowest BCUT2D eigenvalue weighted by atomic mass is 10.1. The minimum atomic E-state index is -0.222. The molecule has 1 saturated heterocycles. The fourth-order valence-corrected chi connectivity index (χ4v) is 3.03. The van der Waals surface area contributed by atoms with Crippen molar-refractivity contribution in [2.75, 3.05) is 46.8 Å². The van der Waals surface area contributed by atoms with Crippen LogP contribution in [0.15, 0.2) is 30.5 Å². The predicted octanol–water partition coefficient (Wildman–Crippen LogP) is 1.58. The number of halogens is 1. The summed E-state index contributed by atoms with van der Waals surface area (Å²) in [5.74, 6) is -0.0931. The van der Waals surface area contributed by atoms with Crippen LogP contribution in [0.25, 0.3) is 10.9 Å². The molecule has 1 fully saturated rings. The standard InChI is InChI=1S/C18H23FN4O/c1-21(2)17(24)13-23-8-6-22(7-9-23)12-15-11-16(19)10-14-4-3-5-20-18(14)15/h3-5,10-11H,6-9,12-13H2,1-2H3. The molecule has 0 saturated carbocycles. The highest BCUT2D eigenvalue weighted by molar-refractivity contribution is 5.81. The lowest BCUT2D eigenvalue weighted by Gasteiger charge is -2.34. The summed E-state index contributed by atoms with van der Waals surface area (Å²) in [7, 11) is 3.56. The van der Waals surface area contributed by atoms with E-state index in [4.69, 9.17) is 0 Å². The Bertz CT molecular complexity index is 726. The molecular weight excluding hydrogens is 307 g/mol. The molecule has 5 nitrogen and oxygen atoms in total. The lowest BCUT2D eigenvalue weighted by molar-refractivity contribution is -0.130. The molecule has 0 aliphatic carbocycles. The van der Waals surface area contributed by atoms with Crippen molar-refractivity contribution in [2.24, 2.45) is 0 Å². The van der Waals surface area contributed by atoms with Gasteiger partial charge >= 0.3 is 0 Å². The number of hydrogen-bond donors (Lipinski definition) is 0. The van der Waals surface area contributed by atoms with Crippen molar-refractivity contribution in [3.8, 4) is 0 Å². The van der Waals surface area contributed by atoms with Crippen LogP contribution in [0.2, 0.25) is 0 Å². The van der Waals surface area contributed by atoms with Gasteiger partial charge in [0.25, 0.3) is 0 Å². The number of likely N-dealkylation sites (N-methyl/N-ethyl adjacent to an activating group) is 1. The van der Waals surface area contributed by atoms with Gasteiger partial charge in [-0.15, -0.1) is 0 Å². The molecule has 1 aliphatic heterocycles. The van der Waals surface area contributed by atoms with Crippen LogP contribution in [0, 0.1) is 5.82 Å². The Hall–Kier alpha value is -2.05. The van der Waals surface area contributed by atoms with Crippen molar-refractivity contribution >= 4 is 16.8 Å². The molecule has 1 aromatic carbocycles. The maximum Gasteiger partial charge on any atom is 0.236 e. The zero-order chi connectivity index (χ0) is 17.1. The molecule has 0 N–H and O–H groups in total. The van der Waals surface area contributed by atoms with Gasteiger partial charge in [0, 0.05) is 58.4 Å². The van der Waals surface area contributed by atoms with Gasteiger partial charge in [-0.25, -0.2) is 4.39 Å². The molecule has 2 aromatic rings. The summed E-state index contributed by atoms with van der Waals surface area (Å²) in [6.45, 7) is 4.57. The highest BCUT2D eigenvalue weighted by atomic mass is 19.1. The van der Waals surface area contributed by atoms with Crippen LogP contribution < -0.4 is 0 Å². The van der Waals surface area contributed by atoms with E-state index < -0.39 is 0 Å². The zero-order valence-electron chi connectivity index (χ0n) is 14.2. The number of rotatable bonds is 4. The molecule has 0 bridgehead atoms. The number of nitrogens with zero attached hydrogens (tertiary/aromatic N) is 4. The normalized spacial score (nSPS) is 16.5. The second-order valence-electron chi connectivity index (χ2n) is 6.48. The zero-order valence-corrected chi connectivity index (χ0v) is 14.2. The van der Waals surface area contributed by atoms with Crippen LogP contribution in [0.4, 0.5) is 4.39 Å². The summed E-state index contributed by atoms with van der Waals surface area (Å²) in [5, 5.41) is 0.836. The first kappa shape index (κ1) is 16.8. The Morgan fingerprint density at radius 2 is 1.92 bits per heavy atom. The second-order valence-corrected chi connectivity index (χ2v) is 6.48. The number of amides is 1. The minimum Gasteiger partial charge on any atom is -0.348 e. The van der Waals surface area contributed by atoms with Gasteiger partial charge in [-0.05, 0) is 23.8 Å². The Morgan fingerprint density at radius 1 is 1.21 bits per heavy atom. The van der Waals surface area contributed by atoms with E-state index in [1.807, 2.05) is 12.1 Å². The summed E-state index contributed by atoms with van der Waals surface area (Å²) < 4.78 is 13.8.